The fourth-order valence-electron chi connectivity index (χ4n) is 3.59. The number of aryl methyl sites for hydroxylation is 1. The summed E-state index contributed by atoms with van der Waals surface area (Å²) in [6.45, 7) is 2.46. The van der Waals surface area contributed by atoms with Crippen LogP contribution < -0.4 is 5.32 Å². The highest BCUT2D eigenvalue weighted by atomic mass is 35.5. The average molecular weight is 467 g/mol. The van der Waals surface area contributed by atoms with E-state index < -0.39 is 9.84 Å². The third-order valence-corrected chi connectivity index (χ3v) is 7.24. The Hall–Kier alpha value is -3.09. The number of rotatable bonds is 7. The van der Waals surface area contributed by atoms with Gasteiger partial charge in [0.05, 0.1) is 10.6 Å². The van der Waals surface area contributed by atoms with Gasteiger partial charge in [-0.3, -0.25) is 4.79 Å². The van der Waals surface area contributed by atoms with Crippen molar-refractivity contribution in [2.75, 3.05) is 0 Å². The number of carbonyl (C=O) groups is 1. The number of fused-ring (bicyclic) bond motifs is 1. The zero-order valence-corrected chi connectivity index (χ0v) is 19.2. The van der Waals surface area contributed by atoms with Crippen LogP contribution in [-0.4, -0.2) is 18.9 Å². The van der Waals surface area contributed by atoms with Crippen molar-refractivity contribution in [3.8, 4) is 0 Å². The van der Waals surface area contributed by atoms with Gasteiger partial charge in [0.1, 0.15) is 6.54 Å². The quantitative estimate of drug-likeness (QED) is 0.421. The van der Waals surface area contributed by atoms with Crippen LogP contribution in [0.3, 0.4) is 0 Å². The Morgan fingerprint density at radius 2 is 1.59 bits per heavy atom. The molecule has 0 atom stereocenters. The number of halogens is 1. The zero-order chi connectivity index (χ0) is 22.7. The third-order valence-electron chi connectivity index (χ3n) is 5.28. The molecule has 4 rings (SSSR count). The Morgan fingerprint density at radius 3 is 2.31 bits per heavy atom. The highest BCUT2D eigenvalue weighted by Crippen LogP contribution is 2.28. The van der Waals surface area contributed by atoms with Gasteiger partial charge in [0.15, 0.2) is 9.84 Å². The van der Waals surface area contributed by atoms with E-state index >= 15 is 0 Å². The molecule has 1 N–H and O–H groups in total. The number of aromatic nitrogens is 1. The van der Waals surface area contributed by atoms with Gasteiger partial charge in [-0.1, -0.05) is 71.8 Å². The van der Waals surface area contributed by atoms with E-state index in [-0.39, 0.29) is 23.1 Å². The molecule has 164 valence electrons. The van der Waals surface area contributed by atoms with Crippen molar-refractivity contribution >= 4 is 38.2 Å². The van der Waals surface area contributed by atoms with Crippen molar-refractivity contribution in [3.05, 3.63) is 101 Å². The van der Waals surface area contributed by atoms with Crippen LogP contribution in [0.5, 0.6) is 0 Å². The van der Waals surface area contributed by atoms with Gasteiger partial charge in [-0.2, -0.15) is 0 Å². The fourth-order valence-corrected chi connectivity index (χ4v) is 5.30. The summed E-state index contributed by atoms with van der Waals surface area (Å²) < 4.78 is 28.1. The molecule has 0 bridgehead atoms. The van der Waals surface area contributed by atoms with Gasteiger partial charge < -0.3 is 9.88 Å². The van der Waals surface area contributed by atoms with Crippen molar-refractivity contribution in [2.45, 2.75) is 30.7 Å². The monoisotopic (exact) mass is 466 g/mol. The molecule has 4 aromatic rings. The van der Waals surface area contributed by atoms with Crippen LogP contribution in [0, 0.1) is 6.92 Å². The van der Waals surface area contributed by atoms with Crippen LogP contribution in [0.15, 0.2) is 83.9 Å². The maximum absolute atomic E-state index is 13.2. The smallest absolute Gasteiger partial charge is 0.240 e. The summed E-state index contributed by atoms with van der Waals surface area (Å²) in [7, 11) is -3.62. The largest absolute Gasteiger partial charge is 0.350 e. The van der Waals surface area contributed by atoms with Crippen molar-refractivity contribution < 1.29 is 13.2 Å². The number of nitrogens with one attached hydrogen (secondary N) is 1. The normalized spacial score (nSPS) is 11.6. The lowest BCUT2D eigenvalue weighted by Crippen LogP contribution is -2.26. The van der Waals surface area contributed by atoms with E-state index in [0.29, 0.717) is 28.0 Å². The van der Waals surface area contributed by atoms with E-state index in [9.17, 15) is 13.2 Å². The first-order valence-corrected chi connectivity index (χ1v) is 12.2. The predicted molar refractivity (Wildman–Crippen MR) is 127 cm³/mol. The summed E-state index contributed by atoms with van der Waals surface area (Å²) in [5, 5.41) is 4.06. The molecule has 5 nitrogen and oxygen atoms in total. The number of benzene rings is 3. The van der Waals surface area contributed by atoms with E-state index in [1.54, 1.807) is 47.2 Å². The minimum atomic E-state index is -3.62. The molecule has 1 heterocycles. The number of amides is 1. The molecule has 0 aliphatic rings. The van der Waals surface area contributed by atoms with Crippen molar-refractivity contribution in [1.82, 2.24) is 9.88 Å². The summed E-state index contributed by atoms with van der Waals surface area (Å²) in [5.41, 5.74) is 3.52. The predicted octanol–water partition coefficient (Wildman–Crippen LogP) is 4.89. The van der Waals surface area contributed by atoms with Gasteiger partial charge in [0.2, 0.25) is 5.91 Å². The lowest BCUT2D eigenvalue weighted by atomic mass is 10.1. The van der Waals surface area contributed by atoms with Gasteiger partial charge in [0, 0.05) is 28.7 Å². The Balaban J connectivity index is 1.56. The molecule has 0 saturated heterocycles. The van der Waals surface area contributed by atoms with Crippen LogP contribution in [0.1, 0.15) is 16.7 Å². The van der Waals surface area contributed by atoms with Crippen LogP contribution in [0.4, 0.5) is 0 Å². The van der Waals surface area contributed by atoms with Crippen LogP contribution in [0.2, 0.25) is 5.02 Å². The number of para-hydroxylation sites is 1. The fraction of sp³-hybridized carbons (Fsp3) is 0.160. The minimum absolute atomic E-state index is 0.0306. The number of nitrogens with zero attached hydrogens (tertiary/aromatic N) is 1. The highest BCUT2D eigenvalue weighted by molar-refractivity contribution is 7.90. The SMILES string of the molecule is Cc1ccc(CNC(=O)Cn2cc(S(=O)(=O)Cc3ccc(Cl)cc3)c3ccccc32)cc1. The molecule has 32 heavy (non-hydrogen) atoms. The lowest BCUT2D eigenvalue weighted by Gasteiger charge is -2.08. The molecular formula is C25H23ClN2O3S. The number of hydrogen-bond donors (Lipinski definition) is 1. The van der Waals surface area contributed by atoms with Crippen LogP contribution >= 0.6 is 11.6 Å². The Labute approximate surface area is 192 Å². The summed E-state index contributed by atoms with van der Waals surface area (Å²) >= 11 is 5.91. The molecule has 0 spiro atoms. The second-order valence-corrected chi connectivity index (χ2v) is 10.2. The first kappa shape index (κ1) is 22.1. The Kier molecular flexibility index (Phi) is 6.35. The van der Waals surface area contributed by atoms with Crippen LogP contribution in [0.25, 0.3) is 10.9 Å². The first-order chi connectivity index (χ1) is 15.3. The van der Waals surface area contributed by atoms with Crippen molar-refractivity contribution in [3.63, 3.8) is 0 Å². The van der Waals surface area contributed by atoms with Gasteiger partial charge in [-0.05, 0) is 36.2 Å². The molecule has 3 aromatic carbocycles. The van der Waals surface area contributed by atoms with Gasteiger partial charge in [-0.25, -0.2) is 8.42 Å². The zero-order valence-electron chi connectivity index (χ0n) is 17.6. The molecule has 0 saturated carbocycles. The van der Waals surface area contributed by atoms with E-state index in [0.717, 1.165) is 11.1 Å². The molecule has 0 unspecified atom stereocenters. The van der Waals surface area contributed by atoms with Crippen molar-refractivity contribution in [2.24, 2.45) is 0 Å². The number of hydrogen-bond acceptors (Lipinski definition) is 3. The molecule has 1 amide bonds. The van der Waals surface area contributed by atoms with E-state index in [2.05, 4.69) is 5.32 Å². The summed E-state index contributed by atoms with van der Waals surface area (Å²) in [4.78, 5) is 12.8. The highest BCUT2D eigenvalue weighted by Gasteiger charge is 2.22. The Morgan fingerprint density at radius 1 is 0.938 bits per heavy atom. The first-order valence-electron chi connectivity index (χ1n) is 10.2. The minimum Gasteiger partial charge on any atom is -0.350 e. The lowest BCUT2D eigenvalue weighted by molar-refractivity contribution is -0.121. The maximum atomic E-state index is 13.2. The Bertz CT molecular complexity index is 1360. The van der Waals surface area contributed by atoms with Gasteiger partial charge in [-0.15, -0.1) is 0 Å². The third kappa shape index (κ3) is 5.03. The van der Waals surface area contributed by atoms with E-state index in [1.807, 2.05) is 43.3 Å². The number of sulfone groups is 1. The number of carbonyl (C=O) groups excluding carboxylic acids is 1. The summed E-state index contributed by atoms with van der Waals surface area (Å²) in [6, 6.07) is 21.9. The molecule has 0 fully saturated rings. The molecule has 0 aliphatic carbocycles. The molecule has 0 aliphatic heterocycles. The summed E-state index contributed by atoms with van der Waals surface area (Å²) in [5.74, 6) is -0.328. The average Bonchev–Trinajstić information content (AvgIpc) is 3.14. The maximum Gasteiger partial charge on any atom is 0.240 e. The second-order valence-electron chi connectivity index (χ2n) is 7.79. The second kappa shape index (κ2) is 9.18. The molecule has 0 radical (unpaired) electrons. The molecular weight excluding hydrogens is 444 g/mol. The molecule has 1 aromatic heterocycles. The van der Waals surface area contributed by atoms with E-state index in [4.69, 9.17) is 11.6 Å². The van der Waals surface area contributed by atoms with Crippen molar-refractivity contribution in [1.29, 1.82) is 0 Å². The topological polar surface area (TPSA) is 68.2 Å². The standard InChI is InChI=1S/C25H23ClN2O3S/c1-18-6-8-19(9-7-18)14-27-25(29)16-28-15-24(22-4-2-3-5-23(22)28)32(30,31)17-20-10-12-21(26)13-11-20/h2-13,15H,14,16-17H2,1H3,(H,27,29). The van der Waals surface area contributed by atoms with Gasteiger partial charge >= 0.3 is 0 Å². The summed E-state index contributed by atoms with van der Waals surface area (Å²) in [6.07, 6.45) is 1.56. The molecule has 7 heteroatoms. The van der Waals surface area contributed by atoms with Crippen LogP contribution in [-0.2, 0) is 33.5 Å². The van der Waals surface area contributed by atoms with E-state index in [1.165, 1.54) is 0 Å². The van der Waals surface area contributed by atoms with Gasteiger partial charge in [0.25, 0.3) is 0 Å².